The summed E-state index contributed by atoms with van der Waals surface area (Å²) in [6, 6.07) is 14.9. The van der Waals surface area contributed by atoms with Crippen LogP contribution in [-0.2, 0) is 5.54 Å². The molecule has 9 heteroatoms. The van der Waals surface area contributed by atoms with Crippen molar-refractivity contribution in [3.63, 3.8) is 0 Å². The summed E-state index contributed by atoms with van der Waals surface area (Å²) in [4.78, 5) is 31.4. The molecule has 1 atom stereocenters. The van der Waals surface area contributed by atoms with E-state index in [1.807, 2.05) is 19.1 Å². The second-order valence-corrected chi connectivity index (χ2v) is 8.97. The lowest BCUT2D eigenvalue weighted by Crippen LogP contribution is -2.37. The number of alkyl halides is 2. The van der Waals surface area contributed by atoms with Crippen LogP contribution in [0.1, 0.15) is 38.3 Å². The van der Waals surface area contributed by atoms with Crippen molar-refractivity contribution in [1.29, 1.82) is 0 Å². The molecule has 5 rings (SSSR count). The van der Waals surface area contributed by atoms with Crippen molar-refractivity contribution in [2.24, 2.45) is 0 Å². The van der Waals surface area contributed by atoms with Crippen LogP contribution >= 0.6 is 11.6 Å². The highest BCUT2D eigenvalue weighted by molar-refractivity contribution is 6.30. The molecule has 0 bridgehead atoms. The van der Waals surface area contributed by atoms with E-state index in [0.29, 0.717) is 21.8 Å². The Kier molecular flexibility index (Phi) is 5.37. The smallest absolute Gasteiger partial charge is 0.273 e. The maximum Gasteiger partial charge on any atom is 0.273 e. The molecule has 1 unspecified atom stereocenters. The Labute approximate surface area is 199 Å². The Bertz CT molecular complexity index is 1290. The van der Waals surface area contributed by atoms with Gasteiger partial charge in [-0.3, -0.25) is 14.9 Å². The van der Waals surface area contributed by atoms with Gasteiger partial charge in [0.05, 0.1) is 5.56 Å². The molecule has 2 amide bonds. The minimum atomic E-state index is -3.04. The zero-order chi connectivity index (χ0) is 24.1. The molecule has 2 aliphatic rings. The molecule has 2 aromatic carbocycles. The Morgan fingerprint density at radius 2 is 1.91 bits per heavy atom. The summed E-state index contributed by atoms with van der Waals surface area (Å²) >= 11 is 6.11. The van der Waals surface area contributed by atoms with Crippen LogP contribution in [0, 0.1) is 6.92 Å². The van der Waals surface area contributed by atoms with Crippen LogP contribution in [0.2, 0.25) is 5.02 Å². The van der Waals surface area contributed by atoms with Crippen LogP contribution in [0.5, 0.6) is 0 Å². The summed E-state index contributed by atoms with van der Waals surface area (Å²) in [7, 11) is 0. The average Bonchev–Trinajstić information content (AvgIpc) is 3.63. The van der Waals surface area contributed by atoms with Gasteiger partial charge in [0.25, 0.3) is 17.7 Å². The van der Waals surface area contributed by atoms with Crippen molar-refractivity contribution in [2.45, 2.75) is 24.8 Å². The topological polar surface area (TPSA) is 84.2 Å². The van der Waals surface area contributed by atoms with Gasteiger partial charge >= 0.3 is 0 Å². The molecule has 1 spiro atoms. The standard InChI is InChI=1S/C25H21ClF2N4O2/c1-15-4-2-3-5-18(15)22(33)31-21-9-6-16(13-29-21)23(34)32-11-10-25(27,28)24(14-30-24)19-12-17(26)7-8-20(19)32/h2-9,12-13,30H,10-11,14H2,1H3,(H,29,31,33). The molecule has 1 fully saturated rings. The zero-order valence-corrected chi connectivity index (χ0v) is 19.0. The SMILES string of the molecule is Cc1ccccc1C(=O)Nc1ccc(C(=O)N2CCC(F)(F)C3(CN3)c3cc(Cl)ccc32)cn1. The summed E-state index contributed by atoms with van der Waals surface area (Å²) in [5.41, 5.74) is 0.765. The largest absolute Gasteiger partial charge is 0.308 e. The van der Waals surface area contributed by atoms with Gasteiger partial charge in [-0.2, -0.15) is 0 Å². The third-order valence-electron chi connectivity index (χ3n) is 6.40. The quantitative estimate of drug-likeness (QED) is 0.526. The van der Waals surface area contributed by atoms with E-state index >= 15 is 8.78 Å². The number of rotatable bonds is 3. The molecule has 2 N–H and O–H groups in total. The van der Waals surface area contributed by atoms with Gasteiger partial charge in [-0.1, -0.05) is 29.8 Å². The van der Waals surface area contributed by atoms with E-state index < -0.39 is 23.8 Å². The number of hydrogen-bond donors (Lipinski definition) is 2. The number of carbonyl (C=O) groups excluding carboxylic acids is 2. The molecular weight excluding hydrogens is 462 g/mol. The lowest BCUT2D eigenvalue weighted by atomic mass is 9.90. The van der Waals surface area contributed by atoms with E-state index in [-0.39, 0.29) is 30.4 Å². The predicted molar refractivity (Wildman–Crippen MR) is 126 cm³/mol. The van der Waals surface area contributed by atoms with Crippen LogP contribution in [0.25, 0.3) is 0 Å². The van der Waals surface area contributed by atoms with Gasteiger partial charge in [0, 0.05) is 47.5 Å². The van der Waals surface area contributed by atoms with Crippen molar-refractivity contribution in [2.75, 3.05) is 23.3 Å². The van der Waals surface area contributed by atoms with Crippen molar-refractivity contribution in [1.82, 2.24) is 10.3 Å². The van der Waals surface area contributed by atoms with Crippen LogP contribution in [0.4, 0.5) is 20.3 Å². The highest BCUT2D eigenvalue weighted by atomic mass is 35.5. The van der Waals surface area contributed by atoms with Gasteiger partial charge < -0.3 is 10.2 Å². The van der Waals surface area contributed by atoms with E-state index in [1.165, 1.54) is 29.3 Å². The molecule has 1 aromatic heterocycles. The van der Waals surface area contributed by atoms with E-state index in [1.54, 1.807) is 24.3 Å². The molecule has 0 aliphatic carbocycles. The van der Waals surface area contributed by atoms with E-state index in [4.69, 9.17) is 11.6 Å². The number of hydrogen-bond acceptors (Lipinski definition) is 4. The van der Waals surface area contributed by atoms with Gasteiger partial charge in [-0.15, -0.1) is 0 Å². The highest BCUT2D eigenvalue weighted by Gasteiger charge is 2.65. The van der Waals surface area contributed by atoms with Gasteiger partial charge in [0.2, 0.25) is 0 Å². The molecule has 3 heterocycles. The fourth-order valence-electron chi connectivity index (χ4n) is 4.38. The summed E-state index contributed by atoms with van der Waals surface area (Å²) < 4.78 is 30.0. The Hall–Kier alpha value is -3.36. The summed E-state index contributed by atoms with van der Waals surface area (Å²) in [5.74, 6) is -3.53. The zero-order valence-electron chi connectivity index (χ0n) is 18.2. The normalized spacial score (nSPS) is 20.4. The molecule has 1 saturated heterocycles. The minimum absolute atomic E-state index is 0.117. The number of aromatic nitrogens is 1. The van der Waals surface area contributed by atoms with Crippen LogP contribution in [0.3, 0.4) is 0 Å². The summed E-state index contributed by atoms with van der Waals surface area (Å²) in [6.45, 7) is 1.79. The number of pyridine rings is 1. The van der Waals surface area contributed by atoms with Gasteiger partial charge in [-0.05, 0) is 48.9 Å². The van der Waals surface area contributed by atoms with Crippen molar-refractivity contribution in [3.8, 4) is 0 Å². The van der Waals surface area contributed by atoms with Crippen LogP contribution < -0.4 is 15.5 Å². The third kappa shape index (κ3) is 3.73. The van der Waals surface area contributed by atoms with Crippen LogP contribution in [0.15, 0.2) is 60.8 Å². The van der Waals surface area contributed by atoms with E-state index in [0.717, 1.165) is 5.56 Å². The van der Waals surface area contributed by atoms with Gasteiger partial charge in [-0.25, -0.2) is 13.8 Å². The molecule has 0 saturated carbocycles. The summed E-state index contributed by atoms with van der Waals surface area (Å²) in [5, 5.41) is 5.84. The fraction of sp³-hybridized carbons (Fsp3) is 0.240. The second kappa shape index (κ2) is 8.14. The molecule has 174 valence electrons. The predicted octanol–water partition coefficient (Wildman–Crippen LogP) is 4.78. The number of benzene rings is 2. The molecular formula is C25H21ClF2N4O2. The first-order chi connectivity index (χ1) is 16.2. The first kappa shape index (κ1) is 22.4. The maximum absolute atomic E-state index is 15.0. The molecule has 34 heavy (non-hydrogen) atoms. The number of anilines is 2. The second-order valence-electron chi connectivity index (χ2n) is 8.53. The number of nitrogens with one attached hydrogen (secondary N) is 2. The Balaban J connectivity index is 1.41. The lowest BCUT2D eigenvalue weighted by molar-refractivity contribution is -0.0444. The van der Waals surface area contributed by atoms with E-state index in [9.17, 15) is 9.59 Å². The van der Waals surface area contributed by atoms with Crippen molar-refractivity contribution in [3.05, 3.63) is 88.1 Å². The first-order valence-electron chi connectivity index (χ1n) is 10.8. The Morgan fingerprint density at radius 1 is 1.15 bits per heavy atom. The molecule has 3 aromatic rings. The monoisotopic (exact) mass is 482 g/mol. The number of carbonyl (C=O) groups is 2. The highest BCUT2D eigenvalue weighted by Crippen LogP contribution is 2.52. The number of aryl methyl sites for hydroxylation is 1. The Morgan fingerprint density at radius 3 is 2.59 bits per heavy atom. The molecule has 6 nitrogen and oxygen atoms in total. The van der Waals surface area contributed by atoms with Crippen molar-refractivity contribution >= 4 is 34.9 Å². The number of fused-ring (bicyclic) bond motifs is 2. The van der Waals surface area contributed by atoms with Crippen molar-refractivity contribution < 1.29 is 18.4 Å². The van der Waals surface area contributed by atoms with Crippen LogP contribution in [-0.4, -0.2) is 35.8 Å². The first-order valence-corrected chi connectivity index (χ1v) is 11.2. The van der Waals surface area contributed by atoms with E-state index in [2.05, 4.69) is 15.6 Å². The minimum Gasteiger partial charge on any atom is -0.308 e. The van der Waals surface area contributed by atoms with Gasteiger partial charge in [0.15, 0.2) is 0 Å². The fourth-order valence-corrected chi connectivity index (χ4v) is 4.55. The number of nitrogens with zero attached hydrogens (tertiary/aromatic N) is 2. The summed E-state index contributed by atoms with van der Waals surface area (Å²) in [6.07, 6.45) is 0.843. The molecule has 0 radical (unpaired) electrons. The lowest BCUT2D eigenvalue weighted by Gasteiger charge is -2.24. The number of amides is 2. The van der Waals surface area contributed by atoms with Gasteiger partial charge in [0.1, 0.15) is 11.4 Å². The molecule has 2 aliphatic heterocycles. The number of halogens is 3. The maximum atomic E-state index is 15.0. The third-order valence-corrected chi connectivity index (χ3v) is 6.64. The average molecular weight is 483 g/mol.